The standard InChI is InChI=1S/C10H10F3NO4/c1-5-9(18-10(11,12)13)7(17-2)3-6(14-5)4-8(15)16/h3H,4H2,1-2H3,(H,15,16). The van der Waals surface area contributed by atoms with E-state index in [1.165, 1.54) is 6.92 Å². The molecule has 0 saturated heterocycles. The zero-order valence-corrected chi connectivity index (χ0v) is 9.54. The van der Waals surface area contributed by atoms with Gasteiger partial charge in [-0.3, -0.25) is 9.78 Å². The summed E-state index contributed by atoms with van der Waals surface area (Å²) in [6.45, 7) is 1.27. The van der Waals surface area contributed by atoms with Crippen molar-refractivity contribution in [2.45, 2.75) is 19.7 Å². The second kappa shape index (κ2) is 5.11. The lowest BCUT2D eigenvalue weighted by Gasteiger charge is -2.15. The molecule has 0 saturated carbocycles. The van der Waals surface area contributed by atoms with Crippen molar-refractivity contribution in [3.05, 3.63) is 17.5 Å². The Bertz CT molecular complexity index is 459. The fourth-order valence-corrected chi connectivity index (χ4v) is 1.33. The number of carboxylic acids is 1. The molecule has 1 rings (SSSR count). The van der Waals surface area contributed by atoms with E-state index < -0.39 is 24.5 Å². The van der Waals surface area contributed by atoms with Gasteiger partial charge in [-0.05, 0) is 6.92 Å². The van der Waals surface area contributed by atoms with E-state index in [1.54, 1.807) is 0 Å². The van der Waals surface area contributed by atoms with Crippen molar-refractivity contribution in [3.63, 3.8) is 0 Å². The normalized spacial score (nSPS) is 11.2. The SMILES string of the molecule is COc1cc(CC(=O)O)nc(C)c1OC(F)(F)F. The number of rotatable bonds is 4. The number of carbonyl (C=O) groups is 1. The van der Waals surface area contributed by atoms with E-state index in [4.69, 9.17) is 9.84 Å². The van der Waals surface area contributed by atoms with Gasteiger partial charge in [0.2, 0.25) is 0 Å². The van der Waals surface area contributed by atoms with Gasteiger partial charge in [-0.2, -0.15) is 0 Å². The van der Waals surface area contributed by atoms with Crippen molar-refractivity contribution in [3.8, 4) is 11.5 Å². The number of nitrogens with zero attached hydrogens (tertiary/aromatic N) is 1. The van der Waals surface area contributed by atoms with Crippen molar-refractivity contribution in [1.29, 1.82) is 0 Å². The van der Waals surface area contributed by atoms with Gasteiger partial charge in [0.1, 0.15) is 0 Å². The third-order valence-corrected chi connectivity index (χ3v) is 1.93. The molecule has 8 heteroatoms. The Kier molecular flexibility index (Phi) is 4.00. The lowest BCUT2D eigenvalue weighted by molar-refractivity contribution is -0.275. The smallest absolute Gasteiger partial charge is 0.493 e. The monoisotopic (exact) mass is 265 g/mol. The maximum absolute atomic E-state index is 12.1. The Balaban J connectivity index is 3.15. The Labute approximate surface area is 100 Å². The van der Waals surface area contributed by atoms with E-state index in [0.29, 0.717) is 0 Å². The number of methoxy groups -OCH3 is 1. The number of aromatic nitrogens is 1. The molecule has 0 fully saturated rings. The van der Waals surface area contributed by atoms with Gasteiger partial charge in [-0.25, -0.2) is 0 Å². The number of aryl methyl sites for hydroxylation is 1. The highest BCUT2D eigenvalue weighted by Gasteiger charge is 2.33. The maximum atomic E-state index is 12.1. The molecule has 1 aromatic rings. The number of alkyl halides is 3. The first kappa shape index (κ1) is 14.1. The highest BCUT2D eigenvalue weighted by Crippen LogP contribution is 2.34. The molecule has 100 valence electrons. The Morgan fingerprint density at radius 2 is 2.11 bits per heavy atom. The lowest BCUT2D eigenvalue weighted by Crippen LogP contribution is -2.19. The number of pyridine rings is 1. The second-order valence-electron chi connectivity index (χ2n) is 3.35. The Morgan fingerprint density at radius 3 is 2.56 bits per heavy atom. The molecule has 0 amide bonds. The highest BCUT2D eigenvalue weighted by molar-refractivity contribution is 5.70. The van der Waals surface area contributed by atoms with Gasteiger partial charge in [0, 0.05) is 6.07 Å². The topological polar surface area (TPSA) is 68.7 Å². The predicted molar refractivity (Wildman–Crippen MR) is 53.5 cm³/mol. The fraction of sp³-hybridized carbons (Fsp3) is 0.400. The second-order valence-corrected chi connectivity index (χ2v) is 3.35. The number of carboxylic acid groups (broad SMARTS) is 1. The van der Waals surface area contributed by atoms with E-state index >= 15 is 0 Å². The molecule has 1 N–H and O–H groups in total. The molecular formula is C10H10F3NO4. The maximum Gasteiger partial charge on any atom is 0.573 e. The van der Waals surface area contributed by atoms with E-state index in [-0.39, 0.29) is 17.1 Å². The van der Waals surface area contributed by atoms with Crippen LogP contribution in [0.2, 0.25) is 0 Å². The van der Waals surface area contributed by atoms with Crippen molar-refractivity contribution >= 4 is 5.97 Å². The van der Waals surface area contributed by atoms with E-state index in [2.05, 4.69) is 9.72 Å². The summed E-state index contributed by atoms with van der Waals surface area (Å²) >= 11 is 0. The third kappa shape index (κ3) is 3.79. The summed E-state index contributed by atoms with van der Waals surface area (Å²) in [7, 11) is 1.16. The number of aliphatic carboxylic acids is 1. The minimum Gasteiger partial charge on any atom is -0.493 e. The molecule has 0 bridgehead atoms. The van der Waals surface area contributed by atoms with Gasteiger partial charge in [0.15, 0.2) is 11.5 Å². The van der Waals surface area contributed by atoms with E-state index in [1.807, 2.05) is 0 Å². The highest BCUT2D eigenvalue weighted by atomic mass is 19.4. The van der Waals surface area contributed by atoms with Crippen LogP contribution < -0.4 is 9.47 Å². The summed E-state index contributed by atoms with van der Waals surface area (Å²) in [4.78, 5) is 14.2. The van der Waals surface area contributed by atoms with Crippen LogP contribution in [0.5, 0.6) is 11.5 Å². The van der Waals surface area contributed by atoms with Crippen LogP contribution in [0.1, 0.15) is 11.4 Å². The summed E-state index contributed by atoms with van der Waals surface area (Å²) in [5.74, 6) is -1.93. The van der Waals surface area contributed by atoms with Crippen LogP contribution in [-0.4, -0.2) is 29.5 Å². The molecular weight excluding hydrogens is 255 g/mol. The molecule has 0 radical (unpaired) electrons. The van der Waals surface area contributed by atoms with Crippen LogP contribution in [0.25, 0.3) is 0 Å². The van der Waals surface area contributed by atoms with Crippen LogP contribution in [0, 0.1) is 6.92 Å². The number of ether oxygens (including phenoxy) is 2. The average Bonchev–Trinajstić information content (AvgIpc) is 2.19. The van der Waals surface area contributed by atoms with Gasteiger partial charge in [-0.15, -0.1) is 13.2 Å². The molecule has 5 nitrogen and oxygen atoms in total. The minimum absolute atomic E-state index is 0.0892. The zero-order chi connectivity index (χ0) is 13.9. The van der Waals surface area contributed by atoms with Crippen molar-refractivity contribution in [2.24, 2.45) is 0 Å². The minimum atomic E-state index is -4.87. The quantitative estimate of drug-likeness (QED) is 0.900. The van der Waals surface area contributed by atoms with Crippen molar-refractivity contribution in [1.82, 2.24) is 4.98 Å². The summed E-state index contributed by atoms with van der Waals surface area (Å²) in [6.07, 6.45) is -5.28. The zero-order valence-electron chi connectivity index (χ0n) is 9.54. The van der Waals surface area contributed by atoms with Gasteiger partial charge in [-0.1, -0.05) is 0 Å². The predicted octanol–water partition coefficient (Wildman–Crippen LogP) is 1.92. The van der Waals surface area contributed by atoms with Crippen LogP contribution in [0.3, 0.4) is 0 Å². The van der Waals surface area contributed by atoms with Gasteiger partial charge >= 0.3 is 12.3 Å². The van der Waals surface area contributed by atoms with Crippen LogP contribution in [0.15, 0.2) is 6.07 Å². The summed E-state index contributed by atoms with van der Waals surface area (Å²) in [5.41, 5.74) is -0.00528. The number of hydrogen-bond acceptors (Lipinski definition) is 4. The number of hydrogen-bond donors (Lipinski definition) is 1. The third-order valence-electron chi connectivity index (χ3n) is 1.93. The Hall–Kier alpha value is -1.99. The molecule has 1 aromatic heterocycles. The molecule has 0 unspecified atom stereocenters. The Morgan fingerprint density at radius 1 is 1.50 bits per heavy atom. The van der Waals surface area contributed by atoms with Crippen molar-refractivity contribution in [2.75, 3.05) is 7.11 Å². The lowest BCUT2D eigenvalue weighted by atomic mass is 10.2. The molecule has 0 atom stereocenters. The van der Waals surface area contributed by atoms with E-state index in [0.717, 1.165) is 13.2 Å². The van der Waals surface area contributed by atoms with Crippen LogP contribution in [-0.2, 0) is 11.2 Å². The van der Waals surface area contributed by atoms with Crippen LogP contribution >= 0.6 is 0 Å². The molecule has 0 aromatic carbocycles. The molecule has 1 heterocycles. The molecule has 0 aliphatic rings. The van der Waals surface area contributed by atoms with Gasteiger partial charge < -0.3 is 14.6 Å². The molecule has 0 spiro atoms. The van der Waals surface area contributed by atoms with Gasteiger partial charge in [0.25, 0.3) is 0 Å². The van der Waals surface area contributed by atoms with Gasteiger partial charge in [0.05, 0.1) is 24.9 Å². The van der Waals surface area contributed by atoms with Crippen molar-refractivity contribution < 1.29 is 32.5 Å². The first-order valence-corrected chi connectivity index (χ1v) is 4.75. The van der Waals surface area contributed by atoms with E-state index in [9.17, 15) is 18.0 Å². The first-order valence-electron chi connectivity index (χ1n) is 4.75. The fourth-order valence-electron chi connectivity index (χ4n) is 1.33. The molecule has 0 aliphatic carbocycles. The van der Waals surface area contributed by atoms with Crippen LogP contribution in [0.4, 0.5) is 13.2 Å². The summed E-state index contributed by atoms with van der Waals surface area (Å²) in [5, 5.41) is 8.59. The first-order chi connectivity index (χ1) is 8.23. The average molecular weight is 265 g/mol. The number of halogens is 3. The summed E-state index contributed by atoms with van der Waals surface area (Å²) in [6, 6.07) is 1.10. The summed E-state index contributed by atoms with van der Waals surface area (Å²) < 4.78 is 45.0. The largest absolute Gasteiger partial charge is 0.573 e. The molecule has 18 heavy (non-hydrogen) atoms. The molecule has 0 aliphatic heterocycles.